The summed E-state index contributed by atoms with van der Waals surface area (Å²) in [5, 5.41) is 10.6. The van der Waals surface area contributed by atoms with Crippen LogP contribution in [0.4, 0.5) is 4.79 Å². The standard InChI is InChI=1S/C18H31N5O2/c1-15(14-22-9-11-25-12-10-22)13-19-18(24)21-16-5-2-3-6-17(16)23-8-4-7-20-23/h4,7-8,15-17H,2-3,5-6,9-14H2,1H3,(H2,19,21,24)/t15-,16+,17+/m1/s1. The van der Waals surface area contributed by atoms with Gasteiger partial charge in [-0.2, -0.15) is 5.10 Å². The minimum Gasteiger partial charge on any atom is -0.379 e. The Kier molecular flexibility index (Phi) is 6.69. The summed E-state index contributed by atoms with van der Waals surface area (Å²) in [6.45, 7) is 7.50. The minimum absolute atomic E-state index is 0.0575. The van der Waals surface area contributed by atoms with Gasteiger partial charge in [0.05, 0.1) is 25.3 Å². The maximum Gasteiger partial charge on any atom is 0.315 e. The summed E-state index contributed by atoms with van der Waals surface area (Å²) in [5.41, 5.74) is 0. The molecule has 0 bridgehead atoms. The van der Waals surface area contributed by atoms with Crippen LogP contribution in [0.1, 0.15) is 38.6 Å². The van der Waals surface area contributed by atoms with Crippen molar-refractivity contribution in [2.75, 3.05) is 39.4 Å². The lowest BCUT2D eigenvalue weighted by Gasteiger charge is -2.32. The highest BCUT2D eigenvalue weighted by atomic mass is 16.5. The number of morpholine rings is 1. The maximum atomic E-state index is 12.3. The molecule has 2 fully saturated rings. The van der Waals surface area contributed by atoms with Gasteiger partial charge in [0.1, 0.15) is 0 Å². The van der Waals surface area contributed by atoms with E-state index in [4.69, 9.17) is 4.74 Å². The van der Waals surface area contributed by atoms with Crippen molar-refractivity contribution in [2.24, 2.45) is 5.92 Å². The number of amides is 2. The van der Waals surface area contributed by atoms with E-state index in [1.807, 2.05) is 16.9 Å². The fourth-order valence-electron chi connectivity index (χ4n) is 3.85. The highest BCUT2D eigenvalue weighted by molar-refractivity contribution is 5.74. The van der Waals surface area contributed by atoms with Gasteiger partial charge in [-0.1, -0.05) is 19.8 Å². The molecule has 2 amide bonds. The number of urea groups is 1. The fourth-order valence-corrected chi connectivity index (χ4v) is 3.85. The van der Waals surface area contributed by atoms with Crippen LogP contribution in [-0.2, 0) is 4.74 Å². The number of carbonyl (C=O) groups excluding carboxylic acids is 1. The summed E-state index contributed by atoms with van der Waals surface area (Å²) in [6, 6.07) is 2.31. The second-order valence-electron chi connectivity index (χ2n) is 7.32. The van der Waals surface area contributed by atoms with Crippen molar-refractivity contribution in [3.8, 4) is 0 Å². The van der Waals surface area contributed by atoms with E-state index in [9.17, 15) is 4.79 Å². The molecule has 7 nitrogen and oxygen atoms in total. The van der Waals surface area contributed by atoms with Gasteiger partial charge in [0, 0.05) is 38.6 Å². The first kappa shape index (κ1) is 18.2. The molecule has 140 valence electrons. The number of hydrogen-bond donors (Lipinski definition) is 2. The molecule has 0 aromatic carbocycles. The van der Waals surface area contributed by atoms with Crippen LogP contribution in [0.15, 0.2) is 18.5 Å². The van der Waals surface area contributed by atoms with Crippen molar-refractivity contribution < 1.29 is 9.53 Å². The van der Waals surface area contributed by atoms with E-state index in [2.05, 4.69) is 27.6 Å². The molecule has 2 aliphatic rings. The molecule has 0 radical (unpaired) electrons. The number of ether oxygens (including phenoxy) is 1. The monoisotopic (exact) mass is 349 g/mol. The largest absolute Gasteiger partial charge is 0.379 e. The molecular formula is C18H31N5O2. The van der Waals surface area contributed by atoms with E-state index in [1.165, 1.54) is 6.42 Å². The molecule has 3 rings (SSSR count). The van der Waals surface area contributed by atoms with E-state index in [1.54, 1.807) is 6.20 Å². The smallest absolute Gasteiger partial charge is 0.315 e. The van der Waals surface area contributed by atoms with Gasteiger partial charge in [-0.3, -0.25) is 9.58 Å². The third-order valence-corrected chi connectivity index (χ3v) is 5.20. The Morgan fingerprint density at radius 2 is 2.12 bits per heavy atom. The van der Waals surface area contributed by atoms with E-state index in [-0.39, 0.29) is 18.1 Å². The summed E-state index contributed by atoms with van der Waals surface area (Å²) in [7, 11) is 0. The number of nitrogens with zero attached hydrogens (tertiary/aromatic N) is 3. The van der Waals surface area contributed by atoms with Crippen LogP contribution >= 0.6 is 0 Å². The highest BCUT2D eigenvalue weighted by Crippen LogP contribution is 2.27. The van der Waals surface area contributed by atoms with Crippen molar-refractivity contribution in [3.63, 3.8) is 0 Å². The molecular weight excluding hydrogens is 318 g/mol. The highest BCUT2D eigenvalue weighted by Gasteiger charge is 2.28. The fraction of sp³-hybridized carbons (Fsp3) is 0.778. The Morgan fingerprint density at radius 1 is 1.32 bits per heavy atom. The van der Waals surface area contributed by atoms with Gasteiger partial charge in [0.2, 0.25) is 0 Å². The zero-order valence-electron chi connectivity index (χ0n) is 15.2. The quantitative estimate of drug-likeness (QED) is 0.819. The van der Waals surface area contributed by atoms with E-state index < -0.39 is 0 Å². The molecule has 1 saturated heterocycles. The van der Waals surface area contributed by atoms with Crippen LogP contribution in [0.3, 0.4) is 0 Å². The second kappa shape index (κ2) is 9.20. The average molecular weight is 349 g/mol. The molecule has 2 heterocycles. The topological polar surface area (TPSA) is 71.4 Å². The van der Waals surface area contributed by atoms with Gasteiger partial charge in [-0.05, 0) is 24.8 Å². The molecule has 0 spiro atoms. The molecule has 1 aromatic heterocycles. The summed E-state index contributed by atoms with van der Waals surface area (Å²) < 4.78 is 7.37. The van der Waals surface area contributed by atoms with Crippen molar-refractivity contribution in [3.05, 3.63) is 18.5 Å². The van der Waals surface area contributed by atoms with Crippen LogP contribution < -0.4 is 10.6 Å². The van der Waals surface area contributed by atoms with Gasteiger partial charge >= 0.3 is 6.03 Å². The van der Waals surface area contributed by atoms with E-state index in [0.717, 1.165) is 52.1 Å². The van der Waals surface area contributed by atoms with Gasteiger partial charge in [0.25, 0.3) is 0 Å². The Hall–Kier alpha value is -1.60. The summed E-state index contributed by atoms with van der Waals surface area (Å²) in [6.07, 6.45) is 8.24. The van der Waals surface area contributed by atoms with Gasteiger partial charge in [0.15, 0.2) is 0 Å². The minimum atomic E-state index is -0.0575. The Bertz CT molecular complexity index is 516. The predicted octanol–water partition coefficient (Wildman–Crippen LogP) is 1.63. The summed E-state index contributed by atoms with van der Waals surface area (Å²) in [5.74, 6) is 0.428. The number of nitrogens with one attached hydrogen (secondary N) is 2. The van der Waals surface area contributed by atoms with Crippen molar-refractivity contribution in [1.82, 2.24) is 25.3 Å². The lowest BCUT2D eigenvalue weighted by Crippen LogP contribution is -2.49. The molecule has 2 N–H and O–H groups in total. The number of carbonyl (C=O) groups is 1. The number of rotatable bonds is 6. The van der Waals surface area contributed by atoms with Crippen LogP contribution in [0, 0.1) is 5.92 Å². The van der Waals surface area contributed by atoms with Crippen molar-refractivity contribution in [1.29, 1.82) is 0 Å². The van der Waals surface area contributed by atoms with Crippen LogP contribution in [0.2, 0.25) is 0 Å². The summed E-state index contributed by atoms with van der Waals surface area (Å²) >= 11 is 0. The third kappa shape index (κ3) is 5.44. The normalized spacial score (nSPS) is 26.1. The van der Waals surface area contributed by atoms with Gasteiger partial charge in [-0.25, -0.2) is 4.79 Å². The Morgan fingerprint density at radius 3 is 2.88 bits per heavy atom. The van der Waals surface area contributed by atoms with Crippen LogP contribution in [0.25, 0.3) is 0 Å². The molecule has 25 heavy (non-hydrogen) atoms. The first-order chi connectivity index (χ1) is 12.2. The molecule has 3 atom stereocenters. The lowest BCUT2D eigenvalue weighted by molar-refractivity contribution is 0.0319. The molecule has 7 heteroatoms. The maximum absolute atomic E-state index is 12.3. The van der Waals surface area contributed by atoms with Crippen LogP contribution in [0.5, 0.6) is 0 Å². The first-order valence-corrected chi connectivity index (χ1v) is 9.56. The number of aromatic nitrogens is 2. The van der Waals surface area contributed by atoms with E-state index in [0.29, 0.717) is 12.5 Å². The second-order valence-corrected chi connectivity index (χ2v) is 7.32. The molecule has 1 aliphatic heterocycles. The first-order valence-electron chi connectivity index (χ1n) is 9.56. The average Bonchev–Trinajstić information content (AvgIpc) is 3.16. The van der Waals surface area contributed by atoms with Crippen molar-refractivity contribution >= 4 is 6.03 Å². The molecule has 1 saturated carbocycles. The predicted molar refractivity (Wildman–Crippen MR) is 96.5 cm³/mol. The Balaban J connectivity index is 1.41. The zero-order valence-corrected chi connectivity index (χ0v) is 15.2. The number of hydrogen-bond acceptors (Lipinski definition) is 4. The Labute approximate surface area is 150 Å². The van der Waals surface area contributed by atoms with Gasteiger partial charge < -0.3 is 15.4 Å². The van der Waals surface area contributed by atoms with E-state index >= 15 is 0 Å². The SMILES string of the molecule is C[C@H](CNC(=O)N[C@H]1CCCC[C@@H]1n1cccn1)CN1CCOCC1. The third-order valence-electron chi connectivity index (χ3n) is 5.20. The molecule has 0 unspecified atom stereocenters. The molecule has 1 aliphatic carbocycles. The zero-order chi connectivity index (χ0) is 17.5. The molecule has 1 aromatic rings. The summed E-state index contributed by atoms with van der Waals surface area (Å²) in [4.78, 5) is 14.7. The van der Waals surface area contributed by atoms with Crippen molar-refractivity contribution in [2.45, 2.75) is 44.7 Å². The van der Waals surface area contributed by atoms with Gasteiger partial charge in [-0.15, -0.1) is 0 Å². The lowest BCUT2D eigenvalue weighted by atomic mass is 9.90. The van der Waals surface area contributed by atoms with Crippen LogP contribution in [-0.4, -0.2) is 66.1 Å².